The maximum absolute atomic E-state index is 4.31. The predicted molar refractivity (Wildman–Crippen MR) is 75.6 cm³/mol. The van der Waals surface area contributed by atoms with Gasteiger partial charge in [0.1, 0.15) is 0 Å². The summed E-state index contributed by atoms with van der Waals surface area (Å²) in [6, 6.07) is 3.20. The fourth-order valence-electron chi connectivity index (χ4n) is 2.90. The lowest BCUT2D eigenvalue weighted by Crippen LogP contribution is -2.32. The van der Waals surface area contributed by atoms with Crippen molar-refractivity contribution in [2.75, 3.05) is 20.1 Å². The minimum atomic E-state index is 0.518. The normalized spacial score (nSPS) is 24.9. The number of pyridine rings is 1. The molecule has 1 aromatic heterocycles. The standard InChI is InChI=1S/C15H25N3/c1-11(2)17-9-13-6-8-18(4)15(13)14-10-16-7-5-12(14)3/h5,7,10-11,13,15,17H,6,8-9H2,1-4H3. The fourth-order valence-corrected chi connectivity index (χ4v) is 2.90. The molecular formula is C15H25N3. The van der Waals surface area contributed by atoms with E-state index in [2.05, 4.69) is 49.1 Å². The summed E-state index contributed by atoms with van der Waals surface area (Å²) in [6.07, 6.45) is 5.20. The summed E-state index contributed by atoms with van der Waals surface area (Å²) >= 11 is 0. The molecular weight excluding hydrogens is 222 g/mol. The summed E-state index contributed by atoms with van der Waals surface area (Å²) in [7, 11) is 2.23. The average molecular weight is 247 g/mol. The summed E-state index contributed by atoms with van der Waals surface area (Å²) in [5.74, 6) is 0.695. The minimum Gasteiger partial charge on any atom is -0.314 e. The molecule has 1 aliphatic rings. The number of hydrogen-bond donors (Lipinski definition) is 1. The molecule has 2 rings (SSSR count). The maximum atomic E-state index is 4.31. The first-order valence-electron chi connectivity index (χ1n) is 6.93. The van der Waals surface area contributed by atoms with Crippen LogP contribution in [0.15, 0.2) is 18.5 Å². The van der Waals surface area contributed by atoms with E-state index >= 15 is 0 Å². The van der Waals surface area contributed by atoms with Crippen molar-refractivity contribution in [3.8, 4) is 0 Å². The van der Waals surface area contributed by atoms with Gasteiger partial charge in [-0.25, -0.2) is 0 Å². The molecule has 0 amide bonds. The van der Waals surface area contributed by atoms with Gasteiger partial charge in [-0.1, -0.05) is 13.8 Å². The van der Waals surface area contributed by atoms with Crippen LogP contribution in [0.1, 0.15) is 37.4 Å². The van der Waals surface area contributed by atoms with E-state index in [9.17, 15) is 0 Å². The van der Waals surface area contributed by atoms with Crippen molar-refractivity contribution in [2.45, 2.75) is 39.3 Å². The van der Waals surface area contributed by atoms with Gasteiger partial charge in [0.15, 0.2) is 0 Å². The number of aromatic nitrogens is 1. The highest BCUT2D eigenvalue weighted by molar-refractivity contribution is 5.26. The molecule has 1 N–H and O–H groups in total. The van der Waals surface area contributed by atoms with Crippen LogP contribution in [0.5, 0.6) is 0 Å². The summed E-state index contributed by atoms with van der Waals surface area (Å²) in [6.45, 7) is 8.90. The number of rotatable bonds is 4. The number of hydrogen-bond acceptors (Lipinski definition) is 3. The van der Waals surface area contributed by atoms with E-state index < -0.39 is 0 Å². The smallest absolute Gasteiger partial charge is 0.0403 e. The van der Waals surface area contributed by atoms with Crippen LogP contribution in [0, 0.1) is 12.8 Å². The Morgan fingerprint density at radius 1 is 1.50 bits per heavy atom. The SMILES string of the molecule is Cc1ccncc1C1C(CNC(C)C)CCN1C. The van der Waals surface area contributed by atoms with Crippen molar-refractivity contribution >= 4 is 0 Å². The Labute approximate surface area is 111 Å². The van der Waals surface area contributed by atoms with Crippen LogP contribution in [-0.2, 0) is 0 Å². The Kier molecular flexibility index (Phi) is 4.36. The van der Waals surface area contributed by atoms with E-state index in [1.807, 2.05) is 12.4 Å². The quantitative estimate of drug-likeness (QED) is 0.885. The first-order valence-corrected chi connectivity index (χ1v) is 6.93. The summed E-state index contributed by atoms with van der Waals surface area (Å²) in [5, 5.41) is 3.58. The highest BCUT2D eigenvalue weighted by atomic mass is 15.2. The molecule has 2 heterocycles. The van der Waals surface area contributed by atoms with Crippen molar-refractivity contribution in [1.82, 2.24) is 15.2 Å². The van der Waals surface area contributed by atoms with Crippen LogP contribution in [0.4, 0.5) is 0 Å². The van der Waals surface area contributed by atoms with Crippen LogP contribution < -0.4 is 5.32 Å². The monoisotopic (exact) mass is 247 g/mol. The minimum absolute atomic E-state index is 0.518. The Morgan fingerprint density at radius 2 is 2.28 bits per heavy atom. The van der Waals surface area contributed by atoms with Gasteiger partial charge in [-0.15, -0.1) is 0 Å². The zero-order valence-corrected chi connectivity index (χ0v) is 12.0. The summed E-state index contributed by atoms with van der Waals surface area (Å²) < 4.78 is 0. The second-order valence-electron chi connectivity index (χ2n) is 5.77. The molecule has 2 unspecified atom stereocenters. The summed E-state index contributed by atoms with van der Waals surface area (Å²) in [4.78, 5) is 6.78. The molecule has 3 heteroatoms. The number of nitrogens with one attached hydrogen (secondary N) is 1. The van der Waals surface area contributed by atoms with Gasteiger partial charge in [-0.05, 0) is 50.0 Å². The Bertz CT molecular complexity index is 389. The third kappa shape index (κ3) is 2.90. The topological polar surface area (TPSA) is 28.2 Å². The van der Waals surface area contributed by atoms with Gasteiger partial charge in [-0.3, -0.25) is 9.88 Å². The highest BCUT2D eigenvalue weighted by Crippen LogP contribution is 2.36. The van der Waals surface area contributed by atoms with Gasteiger partial charge >= 0.3 is 0 Å². The number of nitrogens with zero attached hydrogens (tertiary/aromatic N) is 2. The van der Waals surface area contributed by atoms with Gasteiger partial charge in [0.2, 0.25) is 0 Å². The van der Waals surface area contributed by atoms with E-state index in [0.717, 1.165) is 6.54 Å². The van der Waals surface area contributed by atoms with E-state index in [-0.39, 0.29) is 0 Å². The van der Waals surface area contributed by atoms with Crippen molar-refractivity contribution in [1.29, 1.82) is 0 Å². The van der Waals surface area contributed by atoms with Crippen LogP contribution in [0.3, 0.4) is 0 Å². The molecule has 1 aromatic rings. The van der Waals surface area contributed by atoms with Gasteiger partial charge in [0.25, 0.3) is 0 Å². The third-order valence-corrected chi connectivity index (χ3v) is 3.96. The Balaban J connectivity index is 2.15. The molecule has 0 bridgehead atoms. The zero-order chi connectivity index (χ0) is 13.1. The van der Waals surface area contributed by atoms with Crippen LogP contribution in [-0.4, -0.2) is 36.1 Å². The molecule has 2 atom stereocenters. The number of aryl methyl sites for hydroxylation is 1. The van der Waals surface area contributed by atoms with E-state index in [1.54, 1.807) is 0 Å². The van der Waals surface area contributed by atoms with Crippen LogP contribution >= 0.6 is 0 Å². The second kappa shape index (κ2) is 5.81. The van der Waals surface area contributed by atoms with Gasteiger partial charge in [0, 0.05) is 31.0 Å². The van der Waals surface area contributed by atoms with Crippen molar-refractivity contribution in [3.63, 3.8) is 0 Å². The first-order chi connectivity index (χ1) is 8.59. The van der Waals surface area contributed by atoms with E-state index in [0.29, 0.717) is 18.0 Å². The maximum Gasteiger partial charge on any atom is 0.0403 e. The molecule has 0 spiro atoms. The lowest BCUT2D eigenvalue weighted by atomic mass is 9.92. The lowest BCUT2D eigenvalue weighted by molar-refractivity contribution is 0.268. The Hall–Kier alpha value is -0.930. The molecule has 100 valence electrons. The molecule has 1 fully saturated rings. The average Bonchev–Trinajstić information content (AvgIpc) is 2.69. The van der Waals surface area contributed by atoms with E-state index in [1.165, 1.54) is 24.1 Å². The summed E-state index contributed by atoms with van der Waals surface area (Å²) in [5.41, 5.74) is 2.76. The molecule has 0 radical (unpaired) electrons. The molecule has 3 nitrogen and oxygen atoms in total. The van der Waals surface area contributed by atoms with Gasteiger partial charge in [-0.2, -0.15) is 0 Å². The van der Waals surface area contributed by atoms with Gasteiger partial charge in [0.05, 0.1) is 0 Å². The zero-order valence-electron chi connectivity index (χ0n) is 12.0. The van der Waals surface area contributed by atoms with Crippen molar-refractivity contribution < 1.29 is 0 Å². The van der Waals surface area contributed by atoms with Crippen LogP contribution in [0.25, 0.3) is 0 Å². The third-order valence-electron chi connectivity index (χ3n) is 3.96. The fraction of sp³-hybridized carbons (Fsp3) is 0.667. The highest BCUT2D eigenvalue weighted by Gasteiger charge is 2.33. The molecule has 18 heavy (non-hydrogen) atoms. The largest absolute Gasteiger partial charge is 0.314 e. The second-order valence-corrected chi connectivity index (χ2v) is 5.77. The molecule has 1 aliphatic heterocycles. The van der Waals surface area contributed by atoms with Gasteiger partial charge < -0.3 is 5.32 Å². The van der Waals surface area contributed by atoms with E-state index in [4.69, 9.17) is 0 Å². The van der Waals surface area contributed by atoms with Crippen molar-refractivity contribution in [2.24, 2.45) is 5.92 Å². The molecule has 0 saturated carbocycles. The lowest BCUT2D eigenvalue weighted by Gasteiger charge is -2.27. The number of likely N-dealkylation sites (tertiary alicyclic amines) is 1. The Morgan fingerprint density at radius 3 is 2.94 bits per heavy atom. The molecule has 1 saturated heterocycles. The van der Waals surface area contributed by atoms with Crippen LogP contribution in [0.2, 0.25) is 0 Å². The predicted octanol–water partition coefficient (Wildman–Crippen LogP) is 2.38. The molecule has 0 aromatic carbocycles. The first kappa shape index (κ1) is 13.5. The van der Waals surface area contributed by atoms with Crippen molar-refractivity contribution in [3.05, 3.63) is 29.6 Å². The molecule has 0 aliphatic carbocycles.